The molecule has 0 aromatic heterocycles. The molecule has 1 aromatic carbocycles. The van der Waals surface area contributed by atoms with E-state index in [1.165, 1.54) is 24.1 Å². The van der Waals surface area contributed by atoms with Crippen LogP contribution in [-0.4, -0.2) is 30.6 Å². The average molecular weight is 260 g/mol. The lowest BCUT2D eigenvalue weighted by Crippen LogP contribution is -2.51. The van der Waals surface area contributed by atoms with Crippen molar-refractivity contribution in [1.29, 1.82) is 0 Å². The third kappa shape index (κ3) is 3.37. The number of likely N-dealkylation sites (tertiary alicyclic amines) is 1. The summed E-state index contributed by atoms with van der Waals surface area (Å²) in [7, 11) is 2.24. The Morgan fingerprint density at radius 1 is 1.26 bits per heavy atom. The summed E-state index contributed by atoms with van der Waals surface area (Å²) < 4.78 is 0. The highest BCUT2D eigenvalue weighted by atomic mass is 15.2. The molecule has 1 heterocycles. The molecule has 106 valence electrons. The van der Waals surface area contributed by atoms with Crippen molar-refractivity contribution in [2.45, 2.75) is 52.2 Å². The maximum absolute atomic E-state index is 3.85. The van der Waals surface area contributed by atoms with Crippen molar-refractivity contribution in [3.8, 4) is 0 Å². The smallest absolute Gasteiger partial charge is 0.0297 e. The standard InChI is InChI=1S/C17H28N2/c1-12-8-6-7-9-16(12)15(4)18-17-10-14(3)19(5)11-13(17)2/h6-9,13-15,17-18H,10-11H2,1-5H3. The van der Waals surface area contributed by atoms with Crippen LogP contribution in [-0.2, 0) is 0 Å². The molecule has 2 heteroatoms. The minimum atomic E-state index is 0.434. The Balaban J connectivity index is 2.03. The van der Waals surface area contributed by atoms with Gasteiger partial charge in [-0.05, 0) is 51.3 Å². The number of aryl methyl sites for hydroxylation is 1. The summed E-state index contributed by atoms with van der Waals surface area (Å²) in [5.74, 6) is 0.715. The minimum Gasteiger partial charge on any atom is -0.307 e. The predicted octanol–water partition coefficient (Wildman–Crippen LogP) is 3.37. The largest absolute Gasteiger partial charge is 0.307 e. The normalized spacial score (nSPS) is 30.3. The van der Waals surface area contributed by atoms with Crippen molar-refractivity contribution in [1.82, 2.24) is 10.2 Å². The second-order valence-electron chi connectivity index (χ2n) is 6.35. The lowest BCUT2D eigenvalue weighted by Gasteiger charge is -2.41. The van der Waals surface area contributed by atoms with Gasteiger partial charge in [-0.1, -0.05) is 31.2 Å². The van der Waals surface area contributed by atoms with Gasteiger partial charge >= 0.3 is 0 Å². The molecule has 1 saturated heterocycles. The first-order valence-electron chi connectivity index (χ1n) is 7.51. The molecule has 1 aromatic rings. The van der Waals surface area contributed by atoms with Gasteiger partial charge in [0, 0.05) is 24.7 Å². The number of hydrogen-bond acceptors (Lipinski definition) is 2. The molecule has 2 rings (SSSR count). The zero-order valence-electron chi connectivity index (χ0n) is 13.0. The van der Waals surface area contributed by atoms with E-state index in [9.17, 15) is 0 Å². The monoisotopic (exact) mass is 260 g/mol. The van der Waals surface area contributed by atoms with Gasteiger partial charge in [-0.15, -0.1) is 0 Å². The number of piperidine rings is 1. The molecule has 0 bridgehead atoms. The van der Waals surface area contributed by atoms with E-state index in [1.54, 1.807) is 0 Å². The van der Waals surface area contributed by atoms with Gasteiger partial charge in [0.1, 0.15) is 0 Å². The molecule has 0 spiro atoms. The molecule has 19 heavy (non-hydrogen) atoms. The highest BCUT2D eigenvalue weighted by molar-refractivity contribution is 5.28. The van der Waals surface area contributed by atoms with Crippen molar-refractivity contribution in [3.05, 3.63) is 35.4 Å². The van der Waals surface area contributed by atoms with Crippen LogP contribution >= 0.6 is 0 Å². The van der Waals surface area contributed by atoms with Crippen molar-refractivity contribution >= 4 is 0 Å². The van der Waals surface area contributed by atoms with Crippen LogP contribution in [0.3, 0.4) is 0 Å². The summed E-state index contributed by atoms with van der Waals surface area (Å²) in [4.78, 5) is 2.47. The first kappa shape index (κ1) is 14.5. The summed E-state index contributed by atoms with van der Waals surface area (Å²) in [5, 5.41) is 3.85. The Labute approximate surface area is 118 Å². The zero-order chi connectivity index (χ0) is 14.0. The molecule has 2 nitrogen and oxygen atoms in total. The van der Waals surface area contributed by atoms with E-state index in [0.29, 0.717) is 24.0 Å². The first-order valence-corrected chi connectivity index (χ1v) is 7.51. The van der Waals surface area contributed by atoms with Gasteiger partial charge in [0.25, 0.3) is 0 Å². The second-order valence-corrected chi connectivity index (χ2v) is 6.35. The highest BCUT2D eigenvalue weighted by Gasteiger charge is 2.29. The molecule has 1 fully saturated rings. The number of nitrogens with one attached hydrogen (secondary N) is 1. The second kappa shape index (κ2) is 6.06. The number of rotatable bonds is 3. The van der Waals surface area contributed by atoms with Gasteiger partial charge < -0.3 is 10.2 Å². The molecular weight excluding hydrogens is 232 g/mol. The third-order valence-corrected chi connectivity index (χ3v) is 4.73. The van der Waals surface area contributed by atoms with Crippen LogP contribution in [0.5, 0.6) is 0 Å². The molecule has 1 aliphatic heterocycles. The molecule has 0 saturated carbocycles. The molecule has 1 N–H and O–H groups in total. The molecule has 4 unspecified atom stereocenters. The van der Waals surface area contributed by atoms with Gasteiger partial charge in [0.05, 0.1) is 0 Å². The van der Waals surface area contributed by atoms with Crippen LogP contribution in [0.2, 0.25) is 0 Å². The van der Waals surface area contributed by atoms with Crippen LogP contribution < -0.4 is 5.32 Å². The van der Waals surface area contributed by atoms with Crippen LogP contribution in [0.4, 0.5) is 0 Å². The third-order valence-electron chi connectivity index (χ3n) is 4.73. The molecular formula is C17H28N2. The Bertz CT molecular complexity index is 415. The van der Waals surface area contributed by atoms with E-state index < -0.39 is 0 Å². The van der Waals surface area contributed by atoms with Crippen LogP contribution in [0.15, 0.2) is 24.3 Å². The van der Waals surface area contributed by atoms with Gasteiger partial charge in [0.2, 0.25) is 0 Å². The molecule has 0 radical (unpaired) electrons. The summed E-state index contributed by atoms with van der Waals surface area (Å²) in [6.07, 6.45) is 1.24. The van der Waals surface area contributed by atoms with Crippen molar-refractivity contribution in [2.75, 3.05) is 13.6 Å². The number of benzene rings is 1. The highest BCUT2D eigenvalue weighted by Crippen LogP contribution is 2.24. The Kier molecular flexibility index (Phi) is 4.64. The lowest BCUT2D eigenvalue weighted by molar-refractivity contribution is 0.116. The van der Waals surface area contributed by atoms with Crippen molar-refractivity contribution < 1.29 is 0 Å². The van der Waals surface area contributed by atoms with Gasteiger partial charge in [0.15, 0.2) is 0 Å². The van der Waals surface area contributed by atoms with E-state index in [-0.39, 0.29) is 0 Å². The Hall–Kier alpha value is -0.860. The van der Waals surface area contributed by atoms with Crippen LogP contribution in [0, 0.1) is 12.8 Å². The van der Waals surface area contributed by atoms with E-state index in [4.69, 9.17) is 0 Å². The summed E-state index contributed by atoms with van der Waals surface area (Å²) in [6.45, 7) is 10.4. The fourth-order valence-corrected chi connectivity index (χ4v) is 3.26. The lowest BCUT2D eigenvalue weighted by atomic mass is 9.88. The fraction of sp³-hybridized carbons (Fsp3) is 0.647. The minimum absolute atomic E-state index is 0.434. The van der Waals surface area contributed by atoms with Crippen molar-refractivity contribution in [3.63, 3.8) is 0 Å². The summed E-state index contributed by atoms with van der Waals surface area (Å²) >= 11 is 0. The Morgan fingerprint density at radius 3 is 2.63 bits per heavy atom. The zero-order valence-corrected chi connectivity index (χ0v) is 13.0. The number of hydrogen-bond donors (Lipinski definition) is 1. The quantitative estimate of drug-likeness (QED) is 0.896. The fourth-order valence-electron chi connectivity index (χ4n) is 3.26. The Morgan fingerprint density at radius 2 is 1.95 bits per heavy atom. The van der Waals surface area contributed by atoms with Gasteiger partial charge in [-0.25, -0.2) is 0 Å². The summed E-state index contributed by atoms with van der Waals surface area (Å²) in [6, 6.07) is 10.4. The van der Waals surface area contributed by atoms with Crippen LogP contribution in [0.25, 0.3) is 0 Å². The molecule has 0 aliphatic carbocycles. The predicted molar refractivity (Wildman–Crippen MR) is 82.4 cm³/mol. The topological polar surface area (TPSA) is 15.3 Å². The first-order chi connectivity index (χ1) is 8.99. The van der Waals surface area contributed by atoms with E-state index in [2.05, 4.69) is 69.2 Å². The SMILES string of the molecule is Cc1ccccc1C(C)NC1CC(C)N(C)CC1C. The maximum Gasteiger partial charge on any atom is 0.0297 e. The van der Waals surface area contributed by atoms with Crippen molar-refractivity contribution in [2.24, 2.45) is 5.92 Å². The molecule has 0 amide bonds. The van der Waals surface area contributed by atoms with E-state index >= 15 is 0 Å². The van der Waals surface area contributed by atoms with Crippen LogP contribution in [0.1, 0.15) is 44.4 Å². The van der Waals surface area contributed by atoms with E-state index in [0.717, 1.165) is 0 Å². The van der Waals surface area contributed by atoms with E-state index in [1.807, 2.05) is 0 Å². The maximum atomic E-state index is 3.85. The van der Waals surface area contributed by atoms with Gasteiger partial charge in [-0.2, -0.15) is 0 Å². The number of nitrogens with zero attached hydrogens (tertiary/aromatic N) is 1. The molecule has 4 atom stereocenters. The summed E-state index contributed by atoms with van der Waals surface area (Å²) in [5.41, 5.74) is 2.82. The molecule has 1 aliphatic rings. The average Bonchev–Trinajstić information content (AvgIpc) is 2.36. The van der Waals surface area contributed by atoms with Gasteiger partial charge in [-0.3, -0.25) is 0 Å².